The van der Waals surface area contributed by atoms with Crippen LogP contribution in [0.2, 0.25) is 0 Å². The van der Waals surface area contributed by atoms with Crippen molar-refractivity contribution in [1.29, 1.82) is 0 Å². The summed E-state index contributed by atoms with van der Waals surface area (Å²) < 4.78 is 24.1. The van der Waals surface area contributed by atoms with Gasteiger partial charge in [-0.2, -0.15) is 0 Å². The minimum Gasteiger partial charge on any atom is -0.497 e. The molecule has 1 saturated heterocycles. The van der Waals surface area contributed by atoms with Crippen molar-refractivity contribution in [3.8, 4) is 11.5 Å². The Hall–Kier alpha value is -2.27. The summed E-state index contributed by atoms with van der Waals surface area (Å²) in [6.07, 6.45) is 1.04. The number of piperidine rings is 1. The molecule has 0 bridgehead atoms. The van der Waals surface area contributed by atoms with E-state index in [4.69, 9.17) is 9.47 Å². The molecule has 2 aromatic rings. The molecule has 0 aromatic heterocycles. The molecule has 1 atom stereocenters. The van der Waals surface area contributed by atoms with E-state index in [0.717, 1.165) is 38.2 Å². The van der Waals surface area contributed by atoms with Crippen LogP contribution >= 0.6 is 24.0 Å². The first-order valence-corrected chi connectivity index (χ1v) is 11.0. The summed E-state index contributed by atoms with van der Waals surface area (Å²) in [6, 6.07) is 12.3. The van der Waals surface area contributed by atoms with Gasteiger partial charge in [0.1, 0.15) is 17.3 Å². The third kappa shape index (κ3) is 7.92. The van der Waals surface area contributed by atoms with Crippen LogP contribution in [0.3, 0.4) is 0 Å². The number of ether oxygens (including phenoxy) is 2. The topological polar surface area (TPSA) is 78.4 Å². The molecular formula is C24H34FIN4O3. The van der Waals surface area contributed by atoms with E-state index >= 15 is 0 Å². The molecule has 9 heteroatoms. The molecule has 1 unspecified atom stereocenters. The fourth-order valence-electron chi connectivity index (χ4n) is 3.77. The molecule has 3 N–H and O–H groups in total. The summed E-state index contributed by atoms with van der Waals surface area (Å²) >= 11 is 0. The maximum absolute atomic E-state index is 13.5. The van der Waals surface area contributed by atoms with E-state index in [1.165, 1.54) is 6.07 Å². The molecule has 1 aliphatic rings. The van der Waals surface area contributed by atoms with Crippen molar-refractivity contribution in [1.82, 2.24) is 10.6 Å². The number of aliphatic hydroxyl groups excluding tert-OH is 1. The number of hydrogen-bond donors (Lipinski definition) is 3. The van der Waals surface area contributed by atoms with Gasteiger partial charge >= 0.3 is 0 Å². The van der Waals surface area contributed by atoms with Crippen LogP contribution in [0, 0.1) is 5.82 Å². The first-order chi connectivity index (χ1) is 15.5. The van der Waals surface area contributed by atoms with Gasteiger partial charge in [-0.25, -0.2) is 4.39 Å². The van der Waals surface area contributed by atoms with Crippen molar-refractivity contribution in [2.45, 2.75) is 31.9 Å². The van der Waals surface area contributed by atoms with E-state index < -0.39 is 6.10 Å². The Balaban J connectivity index is 0.00000385. The normalized spacial score (nSPS) is 15.4. The van der Waals surface area contributed by atoms with Gasteiger partial charge in [-0.05, 0) is 55.7 Å². The van der Waals surface area contributed by atoms with E-state index in [9.17, 15) is 9.50 Å². The average molecular weight is 572 g/mol. The zero-order valence-corrected chi connectivity index (χ0v) is 21.7. The maximum atomic E-state index is 13.5. The number of anilines is 1. The number of nitrogens with one attached hydrogen (secondary N) is 2. The van der Waals surface area contributed by atoms with E-state index in [0.29, 0.717) is 23.0 Å². The summed E-state index contributed by atoms with van der Waals surface area (Å²) in [5.74, 6) is 1.71. The molecule has 182 valence electrons. The molecule has 3 rings (SSSR count). The lowest BCUT2D eigenvalue weighted by atomic mass is 10.0. The van der Waals surface area contributed by atoms with Gasteiger partial charge in [-0.3, -0.25) is 4.99 Å². The fourth-order valence-corrected chi connectivity index (χ4v) is 3.77. The van der Waals surface area contributed by atoms with Crippen molar-refractivity contribution in [2.75, 3.05) is 45.3 Å². The largest absolute Gasteiger partial charge is 0.497 e. The quantitative estimate of drug-likeness (QED) is 0.255. The Bertz CT molecular complexity index is 885. The van der Waals surface area contributed by atoms with Gasteiger partial charge in [0.05, 0.1) is 26.9 Å². The molecule has 1 heterocycles. The molecular weight excluding hydrogens is 538 g/mol. The minimum absolute atomic E-state index is 0. The van der Waals surface area contributed by atoms with Crippen molar-refractivity contribution in [3.63, 3.8) is 0 Å². The molecule has 2 aromatic carbocycles. The number of guanidine groups is 1. The van der Waals surface area contributed by atoms with Crippen LogP contribution in [0.5, 0.6) is 11.5 Å². The van der Waals surface area contributed by atoms with Crippen LogP contribution in [0.4, 0.5) is 10.1 Å². The van der Waals surface area contributed by atoms with Crippen LogP contribution in [0.1, 0.15) is 31.4 Å². The van der Waals surface area contributed by atoms with E-state index in [2.05, 4.69) is 20.5 Å². The molecule has 0 aliphatic carbocycles. The Labute approximate surface area is 212 Å². The van der Waals surface area contributed by atoms with Crippen molar-refractivity contribution in [3.05, 3.63) is 53.8 Å². The highest BCUT2D eigenvalue weighted by atomic mass is 127. The zero-order chi connectivity index (χ0) is 22.9. The highest BCUT2D eigenvalue weighted by Gasteiger charge is 2.21. The van der Waals surface area contributed by atoms with Gasteiger partial charge in [0, 0.05) is 37.4 Å². The first-order valence-electron chi connectivity index (χ1n) is 11.0. The van der Waals surface area contributed by atoms with Crippen molar-refractivity contribution < 1.29 is 19.0 Å². The highest BCUT2D eigenvalue weighted by Crippen LogP contribution is 2.26. The van der Waals surface area contributed by atoms with Gasteiger partial charge in [0.15, 0.2) is 5.96 Å². The number of halogens is 2. The van der Waals surface area contributed by atoms with Gasteiger partial charge in [-0.15, -0.1) is 24.0 Å². The maximum Gasteiger partial charge on any atom is 0.191 e. The van der Waals surface area contributed by atoms with Gasteiger partial charge in [-0.1, -0.05) is 6.07 Å². The smallest absolute Gasteiger partial charge is 0.191 e. The number of rotatable bonds is 8. The second-order valence-electron chi connectivity index (χ2n) is 7.77. The Kier molecular flexibility index (Phi) is 11.0. The lowest BCUT2D eigenvalue weighted by molar-refractivity contribution is 0.186. The first kappa shape index (κ1) is 27.0. The van der Waals surface area contributed by atoms with E-state index in [1.807, 2.05) is 13.0 Å². The lowest BCUT2D eigenvalue weighted by Crippen LogP contribution is -2.48. The monoisotopic (exact) mass is 572 g/mol. The Morgan fingerprint density at radius 2 is 1.82 bits per heavy atom. The average Bonchev–Trinajstić information content (AvgIpc) is 2.82. The molecule has 1 aliphatic heterocycles. The molecule has 0 amide bonds. The predicted molar refractivity (Wildman–Crippen MR) is 141 cm³/mol. The van der Waals surface area contributed by atoms with E-state index in [-0.39, 0.29) is 42.4 Å². The van der Waals surface area contributed by atoms with Crippen molar-refractivity contribution in [2.24, 2.45) is 4.99 Å². The molecule has 0 spiro atoms. The van der Waals surface area contributed by atoms with Crippen LogP contribution in [0.25, 0.3) is 0 Å². The van der Waals surface area contributed by atoms with Crippen molar-refractivity contribution >= 4 is 35.6 Å². The fraction of sp³-hybridized carbons (Fsp3) is 0.458. The number of benzene rings is 2. The molecule has 0 radical (unpaired) electrons. The van der Waals surface area contributed by atoms with Gasteiger partial charge < -0.3 is 30.1 Å². The minimum atomic E-state index is -0.788. The number of hydrogen-bond acceptors (Lipinski definition) is 5. The number of nitrogens with zero attached hydrogens (tertiary/aromatic N) is 2. The van der Waals surface area contributed by atoms with Crippen LogP contribution in [-0.2, 0) is 0 Å². The van der Waals surface area contributed by atoms with E-state index in [1.54, 1.807) is 44.6 Å². The van der Waals surface area contributed by atoms with Crippen LogP contribution < -0.4 is 25.0 Å². The summed E-state index contributed by atoms with van der Waals surface area (Å²) in [6.45, 7) is 4.61. The number of aliphatic imine (C=N–C) groups is 1. The SMILES string of the molecule is CCNC(=NCC(O)c1cc(OC)cc(OC)c1)NC1CCN(c2cccc(F)c2)CC1.I. The van der Waals surface area contributed by atoms with Gasteiger partial charge in [0.2, 0.25) is 0 Å². The summed E-state index contributed by atoms with van der Waals surface area (Å²) in [5, 5.41) is 17.4. The van der Waals surface area contributed by atoms with Crippen LogP contribution in [-0.4, -0.2) is 57.5 Å². The lowest BCUT2D eigenvalue weighted by Gasteiger charge is -2.34. The Morgan fingerprint density at radius 1 is 1.15 bits per heavy atom. The molecule has 7 nitrogen and oxygen atoms in total. The predicted octanol–water partition coefficient (Wildman–Crippen LogP) is 3.72. The van der Waals surface area contributed by atoms with Gasteiger partial charge in [0.25, 0.3) is 0 Å². The molecule has 1 fully saturated rings. The molecule has 33 heavy (non-hydrogen) atoms. The molecule has 0 saturated carbocycles. The third-order valence-corrected chi connectivity index (χ3v) is 5.53. The highest BCUT2D eigenvalue weighted by molar-refractivity contribution is 14.0. The Morgan fingerprint density at radius 3 is 2.39 bits per heavy atom. The summed E-state index contributed by atoms with van der Waals surface area (Å²) in [5.41, 5.74) is 1.60. The standard InChI is InChI=1S/C24H33FN4O3.HI/c1-4-26-24(27-16-23(30)17-12-21(31-2)15-22(13-17)32-3)28-19-8-10-29(11-9-19)20-7-5-6-18(25)14-20;/h5-7,12-15,19,23,30H,4,8-11,16H2,1-3H3,(H2,26,27,28);1H. The number of aliphatic hydroxyl groups is 1. The van der Waals surface area contributed by atoms with Crippen LogP contribution in [0.15, 0.2) is 47.5 Å². The second kappa shape index (κ2) is 13.4. The zero-order valence-electron chi connectivity index (χ0n) is 19.4. The third-order valence-electron chi connectivity index (χ3n) is 5.53. The summed E-state index contributed by atoms with van der Waals surface area (Å²) in [7, 11) is 3.16. The number of methoxy groups -OCH3 is 2. The second-order valence-corrected chi connectivity index (χ2v) is 7.77. The summed E-state index contributed by atoms with van der Waals surface area (Å²) in [4.78, 5) is 6.78.